The molecule has 2 fully saturated rings. The zero-order valence-corrected chi connectivity index (χ0v) is 38.6. The number of alkyl halides is 3. The van der Waals surface area contributed by atoms with Crippen LogP contribution in [0.25, 0.3) is 11.1 Å². The summed E-state index contributed by atoms with van der Waals surface area (Å²) in [5, 5.41) is 17.0. The molecule has 64 heavy (non-hydrogen) atoms. The smallest absolute Gasteiger partial charge is 0.388 e. The molecule has 5 aromatic rings. The lowest BCUT2D eigenvalue weighted by molar-refractivity contribution is -0.0435. The fourth-order valence-electron chi connectivity index (χ4n) is 8.01. The minimum Gasteiger partial charge on any atom is -0.388 e. The molecule has 7 rings (SSSR count). The van der Waals surface area contributed by atoms with Gasteiger partial charge in [-0.1, -0.05) is 76.9 Å². The van der Waals surface area contributed by atoms with Crippen molar-refractivity contribution >= 4 is 66.5 Å². The summed E-state index contributed by atoms with van der Waals surface area (Å²) in [5.41, 5.74) is -1.60. The Hall–Kier alpha value is -4.35. The Labute approximate surface area is 385 Å². The van der Waals surface area contributed by atoms with E-state index in [1.165, 1.54) is 17.8 Å². The van der Waals surface area contributed by atoms with Crippen LogP contribution in [0.15, 0.2) is 136 Å². The summed E-state index contributed by atoms with van der Waals surface area (Å²) in [5.74, 6) is 0.0684. The van der Waals surface area contributed by atoms with E-state index in [1.54, 1.807) is 30.5 Å². The van der Waals surface area contributed by atoms with Gasteiger partial charge >= 0.3 is 5.51 Å². The molecule has 0 saturated carbocycles. The van der Waals surface area contributed by atoms with Gasteiger partial charge in [0.1, 0.15) is 4.90 Å². The lowest BCUT2D eigenvalue weighted by Crippen LogP contribution is -2.39. The molecular weight excluding hydrogens is 901 g/mol. The van der Waals surface area contributed by atoms with Crippen molar-refractivity contribution in [2.24, 2.45) is 5.92 Å². The van der Waals surface area contributed by atoms with Gasteiger partial charge in [0.2, 0.25) is 0 Å². The number of nitrogens with zero attached hydrogens (tertiary/aromatic N) is 2. The molecule has 0 spiro atoms. The van der Waals surface area contributed by atoms with Gasteiger partial charge < -0.3 is 20.1 Å². The van der Waals surface area contributed by atoms with E-state index < -0.39 is 42.9 Å². The van der Waals surface area contributed by atoms with Crippen molar-refractivity contribution in [3.8, 4) is 11.1 Å². The molecule has 0 bridgehead atoms. The minimum absolute atomic E-state index is 0.0508. The van der Waals surface area contributed by atoms with Gasteiger partial charge in [0.05, 0.1) is 25.0 Å². The zero-order valence-electron chi connectivity index (χ0n) is 35.3. The lowest BCUT2D eigenvalue weighted by atomic mass is 9.84. The average Bonchev–Trinajstić information content (AvgIpc) is 3.32. The minimum atomic E-state index is -5.79. The normalized spacial score (nSPS) is 16.9. The van der Waals surface area contributed by atoms with Crippen LogP contribution in [0.4, 0.5) is 24.5 Å². The summed E-state index contributed by atoms with van der Waals surface area (Å²) in [6.45, 7) is 6.40. The van der Waals surface area contributed by atoms with Gasteiger partial charge in [-0.15, -0.1) is 11.8 Å². The molecule has 9 nitrogen and oxygen atoms in total. The van der Waals surface area contributed by atoms with E-state index in [0.29, 0.717) is 55.6 Å². The molecule has 2 aliphatic rings. The number of carbonyl (C=O) groups is 1. The second kappa shape index (κ2) is 21.8. The highest BCUT2D eigenvalue weighted by Crippen LogP contribution is 2.40. The highest BCUT2D eigenvalue weighted by Gasteiger charge is 2.48. The van der Waals surface area contributed by atoms with Gasteiger partial charge in [0.15, 0.2) is 0 Å². The first-order chi connectivity index (χ1) is 30.8. The summed E-state index contributed by atoms with van der Waals surface area (Å²) >= 11 is 7.66. The number of sulfone groups is 1. The quantitative estimate of drug-likeness (QED) is 0.0658. The monoisotopic (exact) mass is 952 g/mol. The van der Waals surface area contributed by atoms with Gasteiger partial charge in [0, 0.05) is 70.6 Å². The van der Waals surface area contributed by atoms with Crippen molar-refractivity contribution in [2.45, 2.75) is 58.5 Å². The number of rotatable bonds is 16. The molecular formula is C48H52ClF3N4O5S3. The van der Waals surface area contributed by atoms with E-state index in [1.807, 2.05) is 91.0 Å². The Morgan fingerprint density at radius 1 is 0.922 bits per heavy atom. The van der Waals surface area contributed by atoms with Gasteiger partial charge in [-0.2, -0.15) is 13.2 Å². The maximum atomic E-state index is 14.3. The number of anilines is 2. The number of hydrogen-bond donors (Lipinski definition) is 3. The van der Waals surface area contributed by atoms with Crippen LogP contribution < -0.4 is 14.9 Å². The van der Waals surface area contributed by atoms with Gasteiger partial charge in [0.25, 0.3) is 15.7 Å². The second-order valence-electron chi connectivity index (χ2n) is 15.7. The molecule has 1 amide bonds. The van der Waals surface area contributed by atoms with Crippen molar-refractivity contribution in [3.63, 3.8) is 0 Å². The highest BCUT2D eigenvalue weighted by atomic mass is 35.5. The molecule has 2 unspecified atom stereocenters. The van der Waals surface area contributed by atoms with Crippen molar-refractivity contribution in [1.82, 2.24) is 9.62 Å². The van der Waals surface area contributed by atoms with Crippen LogP contribution in [-0.4, -0.2) is 92.9 Å². The molecule has 3 atom stereocenters. The second-order valence-corrected chi connectivity index (χ2v) is 21.0. The number of halogens is 4. The van der Waals surface area contributed by atoms with Crippen molar-refractivity contribution in [2.75, 3.05) is 61.9 Å². The molecule has 3 N–H and O–H groups in total. The number of aliphatic hydroxyl groups is 1. The summed E-state index contributed by atoms with van der Waals surface area (Å²) in [6.07, 6.45) is 1.43. The van der Waals surface area contributed by atoms with Gasteiger partial charge in [-0.3, -0.25) is 14.4 Å². The van der Waals surface area contributed by atoms with Gasteiger partial charge in [-0.25, -0.2) is 8.42 Å². The predicted octanol–water partition coefficient (Wildman–Crippen LogP) is 10.3. The summed E-state index contributed by atoms with van der Waals surface area (Å²) in [7, 11) is -7.04. The largest absolute Gasteiger partial charge is 0.501 e. The SMILES string of the molecule is C/C=S(\NC(=O)c1ccc(N2CCC([C@H](O)c3ccccc3-c3ccc(Cl)cc3)CC2)cc1)c1ccc(NC(CCN2CCOCC2)CSc2ccccc2)c(S(=O)(=O)C(F)(F)F)c1. The number of nitrogens with one attached hydrogen (secondary N) is 2. The van der Waals surface area contributed by atoms with Crippen molar-refractivity contribution < 1.29 is 36.2 Å². The Morgan fingerprint density at radius 3 is 2.27 bits per heavy atom. The molecule has 0 radical (unpaired) electrons. The highest BCUT2D eigenvalue weighted by molar-refractivity contribution is 8.13. The fraction of sp³-hybridized carbons (Fsp3) is 0.333. The molecule has 0 aliphatic carbocycles. The number of aliphatic hydroxyl groups excluding tert-OH is 1. The lowest BCUT2D eigenvalue weighted by Gasteiger charge is -2.36. The first-order valence-corrected chi connectivity index (χ1v) is 25.4. The molecule has 2 saturated heterocycles. The van der Waals surface area contributed by atoms with Crippen LogP contribution >= 0.6 is 34.0 Å². The molecule has 0 aromatic heterocycles. The number of ether oxygens (including phenoxy) is 1. The van der Waals surface area contributed by atoms with E-state index in [4.69, 9.17) is 16.3 Å². The molecule has 340 valence electrons. The van der Waals surface area contributed by atoms with E-state index >= 15 is 0 Å². The maximum Gasteiger partial charge on any atom is 0.501 e. The number of hydrogen-bond acceptors (Lipinski definition) is 9. The summed E-state index contributed by atoms with van der Waals surface area (Å²) in [4.78, 5) is 18.4. The number of amides is 1. The van der Waals surface area contributed by atoms with E-state index in [-0.39, 0.29) is 22.5 Å². The zero-order chi connectivity index (χ0) is 45.3. The summed E-state index contributed by atoms with van der Waals surface area (Å²) < 4.78 is 77.6. The number of piperidine rings is 1. The summed E-state index contributed by atoms with van der Waals surface area (Å²) in [6, 6.07) is 35.8. The van der Waals surface area contributed by atoms with Crippen LogP contribution in [0.1, 0.15) is 48.2 Å². The number of morpholine rings is 1. The first-order valence-electron chi connectivity index (χ1n) is 21.2. The van der Waals surface area contributed by atoms with E-state index in [9.17, 15) is 31.5 Å². The molecule has 16 heteroatoms. The Bertz CT molecular complexity index is 2480. The van der Waals surface area contributed by atoms with Crippen molar-refractivity contribution in [3.05, 3.63) is 137 Å². The van der Waals surface area contributed by atoms with Crippen LogP contribution in [0.3, 0.4) is 0 Å². The predicted molar refractivity (Wildman–Crippen MR) is 254 cm³/mol. The third-order valence-electron chi connectivity index (χ3n) is 11.6. The third-order valence-corrected chi connectivity index (χ3v) is 16.2. The Morgan fingerprint density at radius 2 is 1.59 bits per heavy atom. The number of benzene rings is 5. The van der Waals surface area contributed by atoms with Crippen LogP contribution in [0.5, 0.6) is 0 Å². The van der Waals surface area contributed by atoms with Gasteiger partial charge in [-0.05, 0) is 121 Å². The fourth-order valence-corrected chi connectivity index (χ4v) is 11.4. The standard InChI is InChI=1S/C48H52ClF3N4O5S3/c1-2-63(41-20-21-44(45(32-41)64(59,60)48(50,51)52)53-38(24-25-55-28-30-61-31-29-55)33-62-40-8-4-3-5-9-40)54-47(58)36-14-18-39(19-15-36)56-26-22-35(23-27-56)46(57)43-11-7-6-10-42(43)34-12-16-37(49)17-13-34/h2-21,32,35,38,46,53,57H,22-31,33H2,1H3,(H,54,58)/t38?,46-,63?/m0/s1. The van der Waals surface area contributed by atoms with Crippen LogP contribution in [0, 0.1) is 5.92 Å². The Kier molecular flexibility index (Phi) is 16.2. The van der Waals surface area contributed by atoms with Crippen LogP contribution in [-0.2, 0) is 14.6 Å². The molecule has 5 aromatic carbocycles. The molecule has 2 aliphatic heterocycles. The van der Waals surface area contributed by atoms with E-state index in [0.717, 1.165) is 59.3 Å². The molecule has 2 heterocycles. The first kappa shape index (κ1) is 47.6. The topological polar surface area (TPSA) is 111 Å². The average molecular weight is 954 g/mol. The number of carbonyl (C=O) groups excluding carboxylic acids is 1. The van der Waals surface area contributed by atoms with Crippen molar-refractivity contribution in [1.29, 1.82) is 0 Å². The van der Waals surface area contributed by atoms with E-state index in [2.05, 4.69) is 19.8 Å². The maximum absolute atomic E-state index is 14.3. The third kappa shape index (κ3) is 11.9. The van der Waals surface area contributed by atoms with Crippen LogP contribution in [0.2, 0.25) is 5.02 Å². The Balaban J connectivity index is 1.02. The number of thioether (sulfide) groups is 1.